The lowest BCUT2D eigenvalue weighted by atomic mass is 9.99. The third-order valence-electron chi connectivity index (χ3n) is 4.74. The smallest absolute Gasteiger partial charge is 0.203 e. The molecule has 0 aliphatic rings. The van der Waals surface area contributed by atoms with Gasteiger partial charge in [-0.15, -0.1) is 11.3 Å². The molecule has 4 rings (SSSR count). The highest BCUT2D eigenvalue weighted by Gasteiger charge is 2.22. The van der Waals surface area contributed by atoms with Crippen molar-refractivity contribution in [2.24, 2.45) is 0 Å². The quantitative estimate of drug-likeness (QED) is 0.243. The van der Waals surface area contributed by atoms with Crippen molar-refractivity contribution in [3.8, 4) is 11.1 Å². The fourth-order valence-corrected chi connectivity index (χ4v) is 4.73. The summed E-state index contributed by atoms with van der Waals surface area (Å²) in [4.78, 5) is 27.5. The minimum absolute atomic E-state index is 0.0852. The molecule has 2 nitrogen and oxygen atoms in total. The largest absolute Gasteiger partial charge is 0.288 e. The molecule has 0 unspecified atom stereocenters. The number of ketones is 2. The molecule has 0 saturated heterocycles. The summed E-state index contributed by atoms with van der Waals surface area (Å²) in [5, 5.41) is 0. The molecule has 5 heteroatoms. The van der Waals surface area contributed by atoms with Crippen LogP contribution in [0.3, 0.4) is 0 Å². The summed E-state index contributed by atoms with van der Waals surface area (Å²) < 4.78 is 1.83. The van der Waals surface area contributed by atoms with Crippen molar-refractivity contribution in [1.29, 1.82) is 0 Å². The number of halogens is 2. The fraction of sp³-hybridized carbons (Fsp3) is 0.0400. The van der Waals surface area contributed by atoms with E-state index in [1.54, 1.807) is 24.3 Å². The van der Waals surface area contributed by atoms with E-state index in [1.807, 2.05) is 61.5 Å². The summed E-state index contributed by atoms with van der Waals surface area (Å²) in [5.74, 6) is -0.173. The van der Waals surface area contributed by atoms with Crippen molar-refractivity contribution < 1.29 is 9.59 Å². The van der Waals surface area contributed by atoms with E-state index < -0.39 is 0 Å². The number of carbonyl (C=O) groups is 2. The maximum atomic E-state index is 13.3. The summed E-state index contributed by atoms with van der Waals surface area (Å²) in [6, 6.07) is 24.4. The zero-order chi connectivity index (χ0) is 21.3. The molecule has 0 radical (unpaired) electrons. The van der Waals surface area contributed by atoms with E-state index in [9.17, 15) is 9.59 Å². The second kappa shape index (κ2) is 8.80. The molecule has 0 spiro atoms. The lowest BCUT2D eigenvalue weighted by Gasteiger charge is -2.04. The molecular weight excluding hydrogens is 524 g/mol. The molecule has 0 N–H and O–H groups in total. The highest BCUT2D eigenvalue weighted by molar-refractivity contribution is 9.10. The van der Waals surface area contributed by atoms with E-state index in [0.717, 1.165) is 25.6 Å². The molecule has 0 saturated carbocycles. The average Bonchev–Trinajstić information content (AvgIpc) is 3.20. The van der Waals surface area contributed by atoms with Crippen molar-refractivity contribution in [3.05, 3.63) is 114 Å². The zero-order valence-electron chi connectivity index (χ0n) is 16.0. The molecule has 3 aromatic carbocycles. The van der Waals surface area contributed by atoms with Crippen LogP contribution in [0.1, 0.15) is 36.0 Å². The normalized spacial score (nSPS) is 10.8. The van der Waals surface area contributed by atoms with Crippen molar-refractivity contribution >= 4 is 54.8 Å². The van der Waals surface area contributed by atoms with Crippen molar-refractivity contribution in [2.45, 2.75) is 6.92 Å². The number of hydrogen-bond acceptors (Lipinski definition) is 3. The van der Waals surface area contributed by atoms with Gasteiger partial charge in [-0.2, -0.15) is 0 Å². The van der Waals surface area contributed by atoms with Crippen LogP contribution in [0.25, 0.3) is 11.1 Å². The Balaban J connectivity index is 1.81. The Labute approximate surface area is 195 Å². The Bertz CT molecular complexity index is 1220. The first kappa shape index (κ1) is 20.9. The van der Waals surface area contributed by atoms with Crippen molar-refractivity contribution in [2.75, 3.05) is 0 Å². The number of aryl methyl sites for hydroxylation is 1. The number of carbonyl (C=O) groups excluding carboxylic acids is 2. The predicted molar refractivity (Wildman–Crippen MR) is 130 cm³/mol. The van der Waals surface area contributed by atoms with Crippen molar-refractivity contribution in [1.82, 2.24) is 0 Å². The molecule has 0 bridgehead atoms. The van der Waals surface area contributed by atoms with E-state index in [1.165, 1.54) is 11.3 Å². The SMILES string of the molecule is Cc1ccc(-c2cc(C(=O)c3ccc(Br)cc3)sc2C(=O)c2ccc(Br)cc2)cc1. The van der Waals surface area contributed by atoms with Crippen LogP contribution in [0.2, 0.25) is 0 Å². The van der Waals surface area contributed by atoms with Crippen LogP contribution in [-0.2, 0) is 0 Å². The molecule has 1 heterocycles. The number of thiophene rings is 1. The van der Waals surface area contributed by atoms with E-state index >= 15 is 0 Å². The van der Waals surface area contributed by atoms with Gasteiger partial charge in [0, 0.05) is 25.6 Å². The van der Waals surface area contributed by atoms with Crippen LogP contribution in [-0.4, -0.2) is 11.6 Å². The van der Waals surface area contributed by atoms with Gasteiger partial charge in [-0.25, -0.2) is 0 Å². The Morgan fingerprint density at radius 3 is 1.73 bits per heavy atom. The molecule has 0 aliphatic carbocycles. The second-order valence-corrected chi connectivity index (χ2v) is 9.78. The Kier molecular flexibility index (Phi) is 6.14. The van der Waals surface area contributed by atoms with Gasteiger partial charge in [-0.1, -0.05) is 61.7 Å². The van der Waals surface area contributed by atoms with Gasteiger partial charge in [0.15, 0.2) is 0 Å². The third-order valence-corrected chi connectivity index (χ3v) is 6.93. The van der Waals surface area contributed by atoms with Crippen LogP contribution >= 0.6 is 43.2 Å². The molecule has 30 heavy (non-hydrogen) atoms. The van der Waals surface area contributed by atoms with Gasteiger partial charge in [0.25, 0.3) is 0 Å². The first-order valence-corrected chi connectivity index (χ1v) is 11.6. The minimum Gasteiger partial charge on any atom is -0.288 e. The Hall–Kier alpha value is -2.34. The van der Waals surface area contributed by atoms with Gasteiger partial charge in [0.2, 0.25) is 11.6 Å². The van der Waals surface area contributed by atoms with Gasteiger partial charge >= 0.3 is 0 Å². The highest BCUT2D eigenvalue weighted by atomic mass is 79.9. The van der Waals surface area contributed by atoms with Crippen LogP contribution in [0, 0.1) is 6.92 Å². The molecule has 148 valence electrons. The fourth-order valence-electron chi connectivity index (χ4n) is 3.10. The number of hydrogen-bond donors (Lipinski definition) is 0. The van der Waals surface area contributed by atoms with Gasteiger partial charge in [0.1, 0.15) is 0 Å². The number of rotatable bonds is 5. The third kappa shape index (κ3) is 4.38. The summed E-state index contributed by atoms with van der Waals surface area (Å²) in [6.45, 7) is 2.02. The van der Waals surface area contributed by atoms with Gasteiger partial charge in [0.05, 0.1) is 9.75 Å². The second-order valence-electron chi connectivity index (χ2n) is 6.89. The monoisotopic (exact) mass is 538 g/mol. The molecule has 0 aliphatic heterocycles. The molecule has 0 fully saturated rings. The van der Waals surface area contributed by atoms with Gasteiger partial charge in [-0.05, 0) is 67.1 Å². The topological polar surface area (TPSA) is 34.1 Å². The van der Waals surface area contributed by atoms with E-state index in [-0.39, 0.29) is 11.6 Å². The maximum absolute atomic E-state index is 13.3. The van der Waals surface area contributed by atoms with E-state index in [4.69, 9.17) is 0 Å². The first-order valence-electron chi connectivity index (χ1n) is 9.24. The number of benzene rings is 3. The summed E-state index contributed by atoms with van der Waals surface area (Å²) in [5.41, 5.74) is 4.04. The predicted octanol–water partition coefficient (Wildman–Crippen LogP) is 7.71. The minimum atomic E-state index is -0.0873. The summed E-state index contributed by atoms with van der Waals surface area (Å²) in [7, 11) is 0. The van der Waals surface area contributed by atoms with Crippen LogP contribution in [0.4, 0.5) is 0 Å². The molecule has 0 amide bonds. The zero-order valence-corrected chi connectivity index (χ0v) is 20.0. The molecule has 1 aromatic heterocycles. The highest BCUT2D eigenvalue weighted by Crippen LogP contribution is 2.35. The van der Waals surface area contributed by atoms with Crippen LogP contribution in [0.15, 0.2) is 87.8 Å². The lowest BCUT2D eigenvalue weighted by Crippen LogP contribution is -2.00. The van der Waals surface area contributed by atoms with Crippen LogP contribution in [0.5, 0.6) is 0 Å². The Morgan fingerprint density at radius 2 is 1.20 bits per heavy atom. The maximum Gasteiger partial charge on any atom is 0.203 e. The molecule has 0 atom stereocenters. The lowest BCUT2D eigenvalue weighted by molar-refractivity contribution is 0.103. The first-order chi connectivity index (χ1) is 14.4. The molecule has 4 aromatic rings. The van der Waals surface area contributed by atoms with Gasteiger partial charge in [-0.3, -0.25) is 9.59 Å². The average molecular weight is 540 g/mol. The van der Waals surface area contributed by atoms with Crippen LogP contribution < -0.4 is 0 Å². The molecular formula is C25H16Br2O2S. The van der Waals surface area contributed by atoms with E-state index in [0.29, 0.717) is 20.9 Å². The van der Waals surface area contributed by atoms with Gasteiger partial charge < -0.3 is 0 Å². The summed E-state index contributed by atoms with van der Waals surface area (Å²) >= 11 is 8.05. The summed E-state index contributed by atoms with van der Waals surface area (Å²) in [6.07, 6.45) is 0. The van der Waals surface area contributed by atoms with E-state index in [2.05, 4.69) is 31.9 Å². The Morgan fingerprint density at radius 1 is 0.700 bits per heavy atom. The standard InChI is InChI=1S/C25H16Br2O2S/c1-15-2-4-16(5-3-15)21-14-22(23(28)17-6-10-19(26)11-7-17)30-25(21)24(29)18-8-12-20(27)13-9-18/h2-14H,1H3. The van der Waals surface area contributed by atoms with Crippen molar-refractivity contribution in [3.63, 3.8) is 0 Å².